The van der Waals surface area contributed by atoms with E-state index in [1.54, 1.807) is 6.92 Å². The molecule has 2 heteroatoms. The predicted octanol–water partition coefficient (Wildman–Crippen LogP) is 1.35. The first-order valence-electron chi connectivity index (χ1n) is 3.86. The molecule has 0 aliphatic heterocycles. The van der Waals surface area contributed by atoms with Gasteiger partial charge in [0.2, 0.25) is 0 Å². The lowest BCUT2D eigenvalue weighted by atomic mass is 10.9. The highest BCUT2D eigenvalue weighted by Crippen LogP contribution is 2.14. The van der Waals surface area contributed by atoms with E-state index in [1.165, 1.54) is 19.3 Å². The second kappa shape index (κ2) is 11.7. The normalized spacial score (nSPS) is 12.6. The lowest BCUT2D eigenvalue weighted by Gasteiger charge is -1.90. The Kier molecular flexibility index (Phi) is 14.7. The molecule has 2 nitrogen and oxygen atoms in total. The van der Waals surface area contributed by atoms with Gasteiger partial charge in [-0.1, -0.05) is 19.3 Å². The maximum atomic E-state index is 7.57. The standard InChI is InChI=1S/C3H9N.C3H6.C2H6O/c1-4(2)3;1-2-3-1;1-2-3/h1-3H3;1-3H2;3H,2H2,1H3. The van der Waals surface area contributed by atoms with Crippen molar-refractivity contribution in [2.24, 2.45) is 0 Å². The number of hydrogen-bond acceptors (Lipinski definition) is 2. The van der Waals surface area contributed by atoms with Gasteiger partial charge in [0.05, 0.1) is 0 Å². The largest absolute Gasteiger partial charge is 0.397 e. The monoisotopic (exact) mass is 147 g/mol. The summed E-state index contributed by atoms with van der Waals surface area (Å²) in [6.07, 6.45) is 4.50. The summed E-state index contributed by atoms with van der Waals surface area (Å²) in [6, 6.07) is 0. The van der Waals surface area contributed by atoms with Crippen molar-refractivity contribution in [2.45, 2.75) is 26.2 Å². The highest BCUT2D eigenvalue weighted by Gasteiger charge is 1.95. The molecule has 1 aliphatic rings. The third-order valence-electron chi connectivity index (χ3n) is 0.354. The van der Waals surface area contributed by atoms with Crippen molar-refractivity contribution in [2.75, 3.05) is 27.7 Å². The average molecular weight is 147 g/mol. The Hall–Kier alpha value is -0.0800. The fraction of sp³-hybridized carbons (Fsp3) is 1.00. The fourth-order valence-electron chi connectivity index (χ4n) is 0. The first-order valence-corrected chi connectivity index (χ1v) is 3.86. The van der Waals surface area contributed by atoms with Gasteiger partial charge in [0.25, 0.3) is 0 Å². The van der Waals surface area contributed by atoms with E-state index in [0.717, 1.165) is 0 Å². The van der Waals surface area contributed by atoms with Gasteiger partial charge in [-0.2, -0.15) is 0 Å². The third kappa shape index (κ3) is 448. The Labute approximate surface area is 64.9 Å². The van der Waals surface area contributed by atoms with Crippen LogP contribution in [0, 0.1) is 0 Å². The molecule has 1 saturated carbocycles. The molecule has 0 aromatic rings. The molecule has 1 rings (SSSR count). The zero-order valence-electron chi connectivity index (χ0n) is 7.72. The molecule has 10 heavy (non-hydrogen) atoms. The van der Waals surface area contributed by atoms with Crippen LogP contribution in [0.5, 0.6) is 0 Å². The molecule has 1 fully saturated rings. The van der Waals surface area contributed by atoms with E-state index < -0.39 is 0 Å². The van der Waals surface area contributed by atoms with Crippen LogP contribution in [0.3, 0.4) is 0 Å². The van der Waals surface area contributed by atoms with Crippen LogP contribution in [0.25, 0.3) is 0 Å². The second-order valence-electron chi connectivity index (χ2n) is 2.72. The van der Waals surface area contributed by atoms with Crippen molar-refractivity contribution in [1.29, 1.82) is 0 Å². The van der Waals surface area contributed by atoms with Crippen LogP contribution in [-0.2, 0) is 0 Å². The van der Waals surface area contributed by atoms with E-state index in [1.807, 2.05) is 26.0 Å². The Morgan fingerprint density at radius 3 is 1.20 bits per heavy atom. The minimum atomic E-state index is 0.250. The summed E-state index contributed by atoms with van der Waals surface area (Å²) in [4.78, 5) is 2.00. The predicted molar refractivity (Wildman–Crippen MR) is 46.2 cm³/mol. The molecule has 0 spiro atoms. The minimum absolute atomic E-state index is 0.250. The maximum absolute atomic E-state index is 7.57. The topological polar surface area (TPSA) is 23.5 Å². The summed E-state index contributed by atoms with van der Waals surface area (Å²) in [5.41, 5.74) is 0. The van der Waals surface area contributed by atoms with Crippen LogP contribution < -0.4 is 0 Å². The van der Waals surface area contributed by atoms with Crippen LogP contribution >= 0.6 is 0 Å². The molecule has 0 bridgehead atoms. The Morgan fingerprint density at radius 2 is 1.20 bits per heavy atom. The van der Waals surface area contributed by atoms with Crippen LogP contribution in [0.15, 0.2) is 0 Å². The lowest BCUT2D eigenvalue weighted by molar-refractivity contribution is 0.318. The van der Waals surface area contributed by atoms with Crippen LogP contribution in [0.4, 0.5) is 0 Å². The van der Waals surface area contributed by atoms with Gasteiger partial charge in [-0.25, -0.2) is 0 Å². The van der Waals surface area contributed by atoms with E-state index in [4.69, 9.17) is 5.11 Å². The first-order chi connectivity index (χ1) is 4.65. The van der Waals surface area contributed by atoms with Crippen molar-refractivity contribution in [1.82, 2.24) is 4.90 Å². The lowest BCUT2D eigenvalue weighted by Crippen LogP contribution is -1.99. The molecule has 0 heterocycles. The summed E-state index contributed by atoms with van der Waals surface area (Å²) >= 11 is 0. The molecular weight excluding hydrogens is 126 g/mol. The van der Waals surface area contributed by atoms with Crippen LogP contribution in [0.1, 0.15) is 26.2 Å². The molecule has 0 saturated heterocycles. The van der Waals surface area contributed by atoms with Crippen molar-refractivity contribution in [3.63, 3.8) is 0 Å². The highest BCUT2D eigenvalue weighted by atomic mass is 16.2. The first kappa shape index (κ1) is 12.6. The number of rotatable bonds is 0. The molecule has 0 atom stereocenters. The molecule has 0 amide bonds. The van der Waals surface area contributed by atoms with Crippen molar-refractivity contribution in [3.8, 4) is 0 Å². The number of aliphatic hydroxyl groups excluding tert-OH is 1. The number of aliphatic hydroxyl groups is 1. The smallest absolute Gasteiger partial charge is 0.0402 e. The molecule has 1 aliphatic carbocycles. The summed E-state index contributed by atoms with van der Waals surface area (Å²) in [5.74, 6) is 0. The quantitative estimate of drug-likeness (QED) is 0.559. The van der Waals surface area contributed by atoms with E-state index in [2.05, 4.69) is 0 Å². The third-order valence-corrected chi connectivity index (χ3v) is 0.354. The Bertz CT molecular complexity index is 39.0. The van der Waals surface area contributed by atoms with E-state index in [-0.39, 0.29) is 6.61 Å². The van der Waals surface area contributed by atoms with Crippen LogP contribution in [-0.4, -0.2) is 37.8 Å². The summed E-state index contributed by atoms with van der Waals surface area (Å²) in [5, 5.41) is 7.57. The van der Waals surface area contributed by atoms with Crippen molar-refractivity contribution >= 4 is 0 Å². The zero-order chi connectivity index (χ0) is 8.41. The second-order valence-corrected chi connectivity index (χ2v) is 2.72. The molecule has 64 valence electrons. The average Bonchev–Trinajstić information content (AvgIpc) is 2.43. The zero-order valence-corrected chi connectivity index (χ0v) is 7.72. The SMILES string of the molecule is C1CC1.CCO.CN(C)C. The van der Waals surface area contributed by atoms with Gasteiger partial charge in [-0.15, -0.1) is 0 Å². The van der Waals surface area contributed by atoms with Gasteiger partial charge in [0, 0.05) is 6.61 Å². The van der Waals surface area contributed by atoms with Crippen molar-refractivity contribution < 1.29 is 5.11 Å². The molecule has 0 unspecified atom stereocenters. The molecule has 0 radical (unpaired) electrons. The molecule has 1 N–H and O–H groups in total. The number of nitrogens with zero attached hydrogens (tertiary/aromatic N) is 1. The van der Waals surface area contributed by atoms with Gasteiger partial charge >= 0.3 is 0 Å². The van der Waals surface area contributed by atoms with Gasteiger partial charge in [0.1, 0.15) is 0 Å². The fourth-order valence-corrected chi connectivity index (χ4v) is 0. The summed E-state index contributed by atoms with van der Waals surface area (Å²) in [6.45, 7) is 1.93. The van der Waals surface area contributed by atoms with Crippen LogP contribution in [0.2, 0.25) is 0 Å². The van der Waals surface area contributed by atoms with Gasteiger partial charge < -0.3 is 10.0 Å². The van der Waals surface area contributed by atoms with Gasteiger partial charge in [0.15, 0.2) is 0 Å². The summed E-state index contributed by atoms with van der Waals surface area (Å²) in [7, 11) is 6.00. The Balaban J connectivity index is 0. The molecule has 0 aromatic carbocycles. The minimum Gasteiger partial charge on any atom is -0.397 e. The maximum Gasteiger partial charge on any atom is 0.0402 e. The van der Waals surface area contributed by atoms with E-state index in [0.29, 0.717) is 0 Å². The summed E-state index contributed by atoms with van der Waals surface area (Å²) < 4.78 is 0. The molecular formula is C8H21NO. The van der Waals surface area contributed by atoms with Crippen molar-refractivity contribution in [3.05, 3.63) is 0 Å². The highest BCUT2D eigenvalue weighted by molar-refractivity contribution is 4.50. The number of hydrogen-bond donors (Lipinski definition) is 1. The Morgan fingerprint density at radius 1 is 1.10 bits per heavy atom. The molecule has 0 aromatic heterocycles. The van der Waals surface area contributed by atoms with E-state index >= 15 is 0 Å². The van der Waals surface area contributed by atoms with E-state index in [9.17, 15) is 0 Å². The van der Waals surface area contributed by atoms with Gasteiger partial charge in [-0.3, -0.25) is 0 Å². The van der Waals surface area contributed by atoms with Gasteiger partial charge in [-0.05, 0) is 28.1 Å².